The van der Waals surface area contributed by atoms with Crippen molar-refractivity contribution in [2.45, 2.75) is 30.3 Å². The van der Waals surface area contributed by atoms with Gasteiger partial charge in [-0.1, -0.05) is 0 Å². The lowest BCUT2D eigenvalue weighted by Gasteiger charge is -2.25. The maximum Gasteiger partial charge on any atom is 0.266 e. The predicted octanol–water partition coefficient (Wildman–Crippen LogP) is 3.61. The van der Waals surface area contributed by atoms with E-state index in [0.29, 0.717) is 29.9 Å². The number of rotatable bonds is 6. The Morgan fingerprint density at radius 2 is 1.91 bits per heavy atom. The van der Waals surface area contributed by atoms with E-state index in [1.165, 1.54) is 22.6 Å². The number of sulfonamides is 1. The Morgan fingerprint density at radius 3 is 2.59 bits per heavy atom. The fourth-order valence-corrected chi connectivity index (χ4v) is 5.04. The molecule has 2 fully saturated rings. The molecule has 170 valence electrons. The number of benzene rings is 1. The van der Waals surface area contributed by atoms with Crippen LogP contribution in [0.4, 0.5) is 24.7 Å². The summed E-state index contributed by atoms with van der Waals surface area (Å²) in [4.78, 5) is 4.19. The molecule has 0 bridgehead atoms. The quantitative estimate of drug-likeness (QED) is 0.596. The minimum Gasteiger partial charge on any atom is -0.379 e. The number of nitrogens with zero attached hydrogens (tertiary/aromatic N) is 4. The largest absolute Gasteiger partial charge is 0.379 e. The molecule has 0 amide bonds. The van der Waals surface area contributed by atoms with Crippen LogP contribution in [0.5, 0.6) is 0 Å². The van der Waals surface area contributed by atoms with E-state index in [-0.39, 0.29) is 29.8 Å². The zero-order chi connectivity index (χ0) is 22.5. The summed E-state index contributed by atoms with van der Waals surface area (Å²) in [6.07, 6.45) is 0.354. The molecule has 3 heterocycles. The van der Waals surface area contributed by atoms with Crippen LogP contribution >= 0.6 is 0 Å². The second-order valence-corrected chi connectivity index (χ2v) is 9.63. The molecule has 0 radical (unpaired) electrons. The molecule has 1 saturated heterocycles. The molecule has 0 atom stereocenters. The van der Waals surface area contributed by atoms with Crippen molar-refractivity contribution in [3.05, 3.63) is 41.8 Å². The van der Waals surface area contributed by atoms with Crippen molar-refractivity contribution in [3.8, 4) is 0 Å². The zero-order valence-corrected chi connectivity index (χ0v) is 17.7. The van der Waals surface area contributed by atoms with Crippen molar-refractivity contribution < 1.29 is 26.3 Å². The van der Waals surface area contributed by atoms with E-state index in [0.717, 1.165) is 25.0 Å². The predicted molar refractivity (Wildman–Crippen MR) is 110 cm³/mol. The highest BCUT2D eigenvalue weighted by molar-refractivity contribution is 7.89. The summed E-state index contributed by atoms with van der Waals surface area (Å²) in [6.45, 7) is 1.09. The molecule has 0 unspecified atom stereocenters. The van der Waals surface area contributed by atoms with E-state index >= 15 is 0 Å². The number of fused-ring (bicyclic) bond motifs is 1. The SMILES string of the molecule is O=S(=O)(c1cc2c(Nc3ccc(F)c(C(F)F)c3)nn(C3CC3)c2cn1)N1CCOCC1. The molecule has 1 saturated carbocycles. The summed E-state index contributed by atoms with van der Waals surface area (Å²) in [7, 11) is -3.83. The lowest BCUT2D eigenvalue weighted by atomic mass is 10.2. The van der Waals surface area contributed by atoms with Crippen molar-refractivity contribution >= 4 is 32.4 Å². The van der Waals surface area contributed by atoms with Crippen LogP contribution in [0.3, 0.4) is 0 Å². The Bertz CT molecular complexity index is 1270. The Balaban J connectivity index is 1.56. The summed E-state index contributed by atoms with van der Waals surface area (Å²) in [5.74, 6) is -0.707. The third-order valence-corrected chi connectivity index (χ3v) is 7.33. The van der Waals surface area contributed by atoms with Gasteiger partial charge in [-0.05, 0) is 37.1 Å². The fraction of sp³-hybridized carbons (Fsp3) is 0.400. The second-order valence-electron chi connectivity index (χ2n) is 7.74. The Hall–Kier alpha value is -2.70. The lowest BCUT2D eigenvalue weighted by Crippen LogP contribution is -2.40. The van der Waals surface area contributed by atoms with E-state index in [9.17, 15) is 21.6 Å². The lowest BCUT2D eigenvalue weighted by molar-refractivity contribution is 0.0729. The van der Waals surface area contributed by atoms with Crippen LogP contribution in [0.15, 0.2) is 35.5 Å². The van der Waals surface area contributed by atoms with Crippen LogP contribution in [-0.2, 0) is 14.8 Å². The molecule has 0 spiro atoms. The van der Waals surface area contributed by atoms with Crippen molar-refractivity contribution in [1.82, 2.24) is 19.1 Å². The minimum atomic E-state index is -3.83. The number of aromatic nitrogens is 3. The smallest absolute Gasteiger partial charge is 0.266 e. The summed E-state index contributed by atoms with van der Waals surface area (Å²) in [6, 6.07) is 4.91. The number of nitrogens with one attached hydrogen (secondary N) is 1. The Kier molecular flexibility index (Phi) is 5.30. The van der Waals surface area contributed by atoms with Crippen molar-refractivity contribution in [2.24, 2.45) is 0 Å². The van der Waals surface area contributed by atoms with Crippen LogP contribution in [0, 0.1) is 5.82 Å². The van der Waals surface area contributed by atoms with Gasteiger partial charge in [0, 0.05) is 24.2 Å². The molecular weight excluding hydrogens is 447 g/mol. The van der Waals surface area contributed by atoms with Crippen LogP contribution in [0.25, 0.3) is 10.9 Å². The number of hydrogen-bond donors (Lipinski definition) is 1. The minimum absolute atomic E-state index is 0.127. The Labute approximate surface area is 182 Å². The van der Waals surface area contributed by atoms with Gasteiger partial charge in [0.05, 0.1) is 36.5 Å². The van der Waals surface area contributed by atoms with Crippen LogP contribution in [0.1, 0.15) is 30.9 Å². The van der Waals surface area contributed by atoms with Gasteiger partial charge >= 0.3 is 0 Å². The number of anilines is 2. The van der Waals surface area contributed by atoms with E-state index in [1.54, 1.807) is 4.68 Å². The van der Waals surface area contributed by atoms with Gasteiger partial charge < -0.3 is 10.1 Å². The van der Waals surface area contributed by atoms with E-state index in [1.807, 2.05) is 0 Å². The normalized spacial score (nSPS) is 17.9. The molecule has 1 aromatic carbocycles. The van der Waals surface area contributed by atoms with Gasteiger partial charge in [-0.25, -0.2) is 26.6 Å². The molecule has 8 nitrogen and oxygen atoms in total. The highest BCUT2D eigenvalue weighted by Crippen LogP contribution is 2.39. The van der Waals surface area contributed by atoms with E-state index < -0.39 is 27.8 Å². The van der Waals surface area contributed by atoms with Crippen LogP contribution in [0.2, 0.25) is 0 Å². The standard InChI is InChI=1S/C20H20F3N5O3S/c21-16-4-1-12(9-14(16)19(22)23)25-20-15-10-18(32(29,30)27-5-7-31-8-6-27)24-11-17(15)28(26-20)13-2-3-13/h1,4,9-11,13,19H,2-3,5-8H2,(H,25,26). The first-order valence-corrected chi connectivity index (χ1v) is 11.6. The maximum absolute atomic E-state index is 13.7. The van der Waals surface area contributed by atoms with Gasteiger partial charge in [0.1, 0.15) is 5.82 Å². The van der Waals surface area contributed by atoms with Crippen LogP contribution in [-0.4, -0.2) is 53.8 Å². The third-order valence-electron chi connectivity index (χ3n) is 5.53. The summed E-state index contributed by atoms with van der Waals surface area (Å²) in [5, 5.41) is 7.84. The molecule has 1 aliphatic heterocycles. The summed E-state index contributed by atoms with van der Waals surface area (Å²) < 4.78 is 74.3. The van der Waals surface area contributed by atoms with E-state index in [2.05, 4.69) is 15.4 Å². The van der Waals surface area contributed by atoms with Crippen molar-refractivity contribution in [3.63, 3.8) is 0 Å². The third kappa shape index (κ3) is 3.82. The number of alkyl halides is 2. The summed E-state index contributed by atoms with van der Waals surface area (Å²) in [5.41, 5.74) is 0.128. The van der Waals surface area contributed by atoms with Gasteiger partial charge in [-0.2, -0.15) is 9.40 Å². The van der Waals surface area contributed by atoms with Crippen molar-refractivity contribution in [1.29, 1.82) is 0 Å². The topological polar surface area (TPSA) is 89.3 Å². The molecule has 1 aliphatic carbocycles. The van der Waals surface area contributed by atoms with Gasteiger partial charge in [0.25, 0.3) is 16.4 Å². The fourth-order valence-electron chi connectivity index (χ4n) is 3.69. The van der Waals surface area contributed by atoms with Crippen molar-refractivity contribution in [2.75, 3.05) is 31.6 Å². The number of ether oxygens (including phenoxy) is 1. The molecule has 5 rings (SSSR count). The number of halogens is 3. The highest BCUT2D eigenvalue weighted by Gasteiger charge is 2.31. The van der Waals surface area contributed by atoms with Gasteiger partial charge in [-0.15, -0.1) is 0 Å². The Morgan fingerprint density at radius 1 is 1.16 bits per heavy atom. The van der Waals surface area contributed by atoms with Gasteiger partial charge in [-0.3, -0.25) is 4.68 Å². The molecule has 1 N–H and O–H groups in total. The van der Waals surface area contributed by atoms with Crippen LogP contribution < -0.4 is 5.32 Å². The maximum atomic E-state index is 13.7. The highest BCUT2D eigenvalue weighted by atomic mass is 32.2. The zero-order valence-electron chi connectivity index (χ0n) is 16.8. The van der Waals surface area contributed by atoms with Gasteiger partial charge in [0.2, 0.25) is 0 Å². The average Bonchev–Trinajstić information content (AvgIpc) is 3.57. The van der Waals surface area contributed by atoms with Gasteiger partial charge in [0.15, 0.2) is 10.8 Å². The molecule has 2 aromatic heterocycles. The number of morpholine rings is 1. The molecule has 12 heteroatoms. The molecule has 3 aromatic rings. The monoisotopic (exact) mass is 467 g/mol. The van der Waals surface area contributed by atoms with E-state index in [4.69, 9.17) is 4.74 Å². The molecule has 32 heavy (non-hydrogen) atoms. The molecular formula is C20H20F3N5O3S. The number of pyridine rings is 1. The molecule has 2 aliphatic rings. The first kappa shape index (κ1) is 21.2. The first-order chi connectivity index (χ1) is 15.3. The average molecular weight is 467 g/mol. The first-order valence-electron chi connectivity index (χ1n) is 10.2. The second kappa shape index (κ2) is 8.01. The summed E-state index contributed by atoms with van der Waals surface area (Å²) >= 11 is 0. The number of hydrogen-bond acceptors (Lipinski definition) is 6.